The van der Waals surface area contributed by atoms with Crippen LogP contribution in [0.25, 0.3) is 0 Å². The minimum absolute atomic E-state index is 0.100. The van der Waals surface area contributed by atoms with Crippen molar-refractivity contribution in [1.29, 1.82) is 0 Å². The van der Waals surface area contributed by atoms with Crippen LogP contribution in [0.4, 0.5) is 0 Å². The third-order valence-corrected chi connectivity index (χ3v) is 3.85. The van der Waals surface area contributed by atoms with Gasteiger partial charge in [-0.15, -0.1) is 0 Å². The van der Waals surface area contributed by atoms with Crippen molar-refractivity contribution in [3.63, 3.8) is 0 Å². The minimum Gasteiger partial charge on any atom is -0.480 e. The number of nitrogens with zero attached hydrogens (tertiary/aromatic N) is 2. The molecule has 0 aliphatic carbocycles. The molecule has 0 aromatic heterocycles. The number of likely N-dealkylation sites (tertiary alicyclic amines) is 2. The van der Waals surface area contributed by atoms with Crippen LogP contribution in [0, 0.1) is 0 Å². The van der Waals surface area contributed by atoms with Crippen molar-refractivity contribution < 1.29 is 19.5 Å². The Hall–Kier alpha value is -1.59. The maximum Gasteiger partial charge on any atom is 0.326 e. The van der Waals surface area contributed by atoms with E-state index in [-0.39, 0.29) is 11.8 Å². The molecule has 0 bridgehead atoms. The Morgan fingerprint density at radius 2 is 2.05 bits per heavy atom. The van der Waals surface area contributed by atoms with Gasteiger partial charge in [0, 0.05) is 32.5 Å². The Labute approximate surface area is 112 Å². The van der Waals surface area contributed by atoms with E-state index >= 15 is 0 Å². The zero-order chi connectivity index (χ0) is 13.8. The van der Waals surface area contributed by atoms with Crippen LogP contribution < -0.4 is 0 Å². The monoisotopic (exact) mass is 268 g/mol. The number of carboxylic acids is 1. The molecule has 2 aliphatic rings. The third kappa shape index (κ3) is 3.24. The van der Waals surface area contributed by atoms with Crippen molar-refractivity contribution >= 4 is 17.8 Å². The Kier molecular flexibility index (Phi) is 4.39. The molecule has 0 spiro atoms. The highest BCUT2D eigenvalue weighted by Crippen LogP contribution is 2.19. The number of aliphatic carboxylic acids is 1. The summed E-state index contributed by atoms with van der Waals surface area (Å²) in [5.41, 5.74) is 0. The highest BCUT2D eigenvalue weighted by atomic mass is 16.4. The zero-order valence-electron chi connectivity index (χ0n) is 11.0. The fourth-order valence-electron chi connectivity index (χ4n) is 2.83. The molecule has 0 unspecified atom stereocenters. The van der Waals surface area contributed by atoms with Crippen molar-refractivity contribution in [3.05, 3.63) is 0 Å². The lowest BCUT2D eigenvalue weighted by molar-refractivity contribution is -0.148. The molecule has 2 saturated heterocycles. The molecule has 6 heteroatoms. The van der Waals surface area contributed by atoms with Gasteiger partial charge in [-0.2, -0.15) is 0 Å². The van der Waals surface area contributed by atoms with Crippen LogP contribution in [0.2, 0.25) is 0 Å². The molecule has 1 N–H and O–H groups in total. The molecule has 19 heavy (non-hydrogen) atoms. The predicted molar refractivity (Wildman–Crippen MR) is 67.4 cm³/mol. The van der Waals surface area contributed by atoms with Gasteiger partial charge in [-0.05, 0) is 25.7 Å². The standard InChI is InChI=1S/C13H20N2O4/c16-11-5-2-7-14(11)8-3-6-12(17)15-9-1-4-10(15)13(18)19/h10H,1-9H2,(H,18,19)/t10-/m0/s1. The summed E-state index contributed by atoms with van der Waals surface area (Å²) in [7, 11) is 0. The topological polar surface area (TPSA) is 77.9 Å². The summed E-state index contributed by atoms with van der Waals surface area (Å²) < 4.78 is 0. The second-order valence-corrected chi connectivity index (χ2v) is 5.17. The number of rotatable bonds is 5. The van der Waals surface area contributed by atoms with E-state index in [1.807, 2.05) is 0 Å². The lowest BCUT2D eigenvalue weighted by atomic mass is 10.2. The molecule has 0 aromatic carbocycles. The molecule has 0 saturated carbocycles. The Morgan fingerprint density at radius 3 is 2.68 bits per heavy atom. The maximum atomic E-state index is 12.0. The van der Waals surface area contributed by atoms with Crippen molar-refractivity contribution in [1.82, 2.24) is 9.80 Å². The van der Waals surface area contributed by atoms with Crippen LogP contribution >= 0.6 is 0 Å². The van der Waals surface area contributed by atoms with Gasteiger partial charge < -0.3 is 14.9 Å². The summed E-state index contributed by atoms with van der Waals surface area (Å²) in [5, 5.41) is 9.02. The highest BCUT2D eigenvalue weighted by molar-refractivity contribution is 5.84. The summed E-state index contributed by atoms with van der Waals surface area (Å²) in [5.74, 6) is -0.853. The SMILES string of the molecule is O=C(O)[C@@H]1CCCN1C(=O)CCCN1CCCC1=O. The lowest BCUT2D eigenvalue weighted by Crippen LogP contribution is -2.40. The predicted octanol–water partition coefficient (Wildman–Crippen LogP) is 0.465. The Morgan fingerprint density at radius 1 is 1.26 bits per heavy atom. The normalized spacial score (nSPS) is 23.2. The van der Waals surface area contributed by atoms with Gasteiger partial charge in [0.25, 0.3) is 0 Å². The lowest BCUT2D eigenvalue weighted by Gasteiger charge is -2.22. The van der Waals surface area contributed by atoms with E-state index in [0.717, 1.165) is 19.4 Å². The summed E-state index contributed by atoms with van der Waals surface area (Å²) in [6.45, 7) is 1.93. The third-order valence-electron chi connectivity index (χ3n) is 3.85. The quantitative estimate of drug-likeness (QED) is 0.786. The molecule has 2 fully saturated rings. The van der Waals surface area contributed by atoms with Gasteiger partial charge in [0.2, 0.25) is 11.8 Å². The zero-order valence-corrected chi connectivity index (χ0v) is 11.0. The maximum absolute atomic E-state index is 12.0. The van der Waals surface area contributed by atoms with E-state index in [1.165, 1.54) is 4.90 Å². The molecule has 6 nitrogen and oxygen atoms in total. The van der Waals surface area contributed by atoms with Gasteiger partial charge in [-0.3, -0.25) is 9.59 Å². The molecule has 0 aromatic rings. The number of amides is 2. The fraction of sp³-hybridized carbons (Fsp3) is 0.769. The molecule has 0 radical (unpaired) electrons. The molecular weight excluding hydrogens is 248 g/mol. The highest BCUT2D eigenvalue weighted by Gasteiger charge is 2.33. The molecule has 1 atom stereocenters. The largest absolute Gasteiger partial charge is 0.480 e. The average molecular weight is 268 g/mol. The average Bonchev–Trinajstić information content (AvgIpc) is 2.98. The number of hydrogen-bond acceptors (Lipinski definition) is 3. The van der Waals surface area contributed by atoms with E-state index < -0.39 is 12.0 Å². The molecular formula is C13H20N2O4. The van der Waals surface area contributed by atoms with E-state index in [2.05, 4.69) is 0 Å². The molecule has 2 aliphatic heterocycles. The van der Waals surface area contributed by atoms with Crippen LogP contribution in [0.5, 0.6) is 0 Å². The van der Waals surface area contributed by atoms with Crippen molar-refractivity contribution in [2.75, 3.05) is 19.6 Å². The van der Waals surface area contributed by atoms with Gasteiger partial charge in [-0.25, -0.2) is 4.79 Å². The van der Waals surface area contributed by atoms with E-state index in [1.54, 1.807) is 4.90 Å². The number of carbonyl (C=O) groups is 3. The summed E-state index contributed by atoms with van der Waals surface area (Å²) in [6, 6.07) is -0.652. The molecule has 2 rings (SSSR count). The smallest absolute Gasteiger partial charge is 0.326 e. The van der Waals surface area contributed by atoms with E-state index in [9.17, 15) is 14.4 Å². The number of carboxylic acid groups (broad SMARTS) is 1. The van der Waals surface area contributed by atoms with Gasteiger partial charge in [0.05, 0.1) is 0 Å². The second kappa shape index (κ2) is 6.04. The number of carbonyl (C=O) groups excluding carboxylic acids is 2. The van der Waals surface area contributed by atoms with E-state index in [4.69, 9.17) is 5.11 Å². The van der Waals surface area contributed by atoms with Gasteiger partial charge in [0.15, 0.2) is 0 Å². The van der Waals surface area contributed by atoms with Gasteiger partial charge in [-0.1, -0.05) is 0 Å². The van der Waals surface area contributed by atoms with Crippen molar-refractivity contribution in [3.8, 4) is 0 Å². The fourth-order valence-corrected chi connectivity index (χ4v) is 2.83. The molecule has 2 heterocycles. The first kappa shape index (κ1) is 13.8. The van der Waals surface area contributed by atoms with Gasteiger partial charge >= 0.3 is 5.97 Å². The minimum atomic E-state index is -0.916. The molecule has 106 valence electrons. The number of hydrogen-bond donors (Lipinski definition) is 1. The molecule has 2 amide bonds. The first-order valence-corrected chi connectivity index (χ1v) is 6.89. The van der Waals surface area contributed by atoms with E-state index in [0.29, 0.717) is 38.8 Å². The summed E-state index contributed by atoms with van der Waals surface area (Å²) >= 11 is 0. The summed E-state index contributed by atoms with van der Waals surface area (Å²) in [6.07, 6.45) is 3.77. The van der Waals surface area contributed by atoms with Crippen molar-refractivity contribution in [2.24, 2.45) is 0 Å². The van der Waals surface area contributed by atoms with Crippen LogP contribution in [-0.2, 0) is 14.4 Å². The van der Waals surface area contributed by atoms with Crippen molar-refractivity contribution in [2.45, 2.75) is 44.6 Å². The van der Waals surface area contributed by atoms with Crippen LogP contribution in [0.3, 0.4) is 0 Å². The van der Waals surface area contributed by atoms with Crippen LogP contribution in [-0.4, -0.2) is 58.4 Å². The van der Waals surface area contributed by atoms with Crippen LogP contribution in [0.15, 0.2) is 0 Å². The first-order chi connectivity index (χ1) is 9.09. The second-order valence-electron chi connectivity index (χ2n) is 5.17. The van der Waals surface area contributed by atoms with Crippen LogP contribution in [0.1, 0.15) is 38.5 Å². The first-order valence-electron chi connectivity index (χ1n) is 6.89. The Balaban J connectivity index is 1.75. The summed E-state index contributed by atoms with van der Waals surface area (Å²) in [4.78, 5) is 37.6. The Bertz CT molecular complexity index is 383. The van der Waals surface area contributed by atoms with Gasteiger partial charge in [0.1, 0.15) is 6.04 Å².